The first-order chi connectivity index (χ1) is 10.00. The molecule has 0 aliphatic carbocycles. The molecule has 1 heterocycles. The summed E-state index contributed by atoms with van der Waals surface area (Å²) >= 11 is 5.79. The van der Waals surface area contributed by atoms with Gasteiger partial charge in [0.25, 0.3) is 5.72 Å². The van der Waals surface area contributed by atoms with Gasteiger partial charge in [-0.05, 0) is 32.1 Å². The summed E-state index contributed by atoms with van der Waals surface area (Å²) < 4.78 is 39.5. The summed E-state index contributed by atoms with van der Waals surface area (Å²) in [7, 11) is 0. The second kappa shape index (κ2) is 5.26. The van der Waals surface area contributed by atoms with Crippen LogP contribution in [0.15, 0.2) is 41.4 Å². The maximum Gasteiger partial charge on any atom is 0.438 e. The number of hydrogen-bond acceptors (Lipinski definition) is 4. The molecule has 8 heteroatoms. The third-order valence-corrected chi connectivity index (χ3v) is 3.90. The van der Waals surface area contributed by atoms with E-state index in [0.717, 1.165) is 0 Å². The number of rotatable bonds is 2. The number of benzene rings is 1. The first-order valence-corrected chi connectivity index (χ1v) is 6.63. The van der Waals surface area contributed by atoms with Crippen LogP contribution in [0.4, 0.5) is 13.2 Å². The zero-order valence-corrected chi connectivity index (χ0v) is 12.4. The molecule has 120 valence electrons. The summed E-state index contributed by atoms with van der Waals surface area (Å²) in [5, 5.41) is 9.83. The van der Waals surface area contributed by atoms with Crippen molar-refractivity contribution in [2.24, 2.45) is 0 Å². The van der Waals surface area contributed by atoms with Crippen LogP contribution in [0.5, 0.6) is 0 Å². The molecule has 0 aromatic heterocycles. The predicted molar refractivity (Wildman–Crippen MR) is 72.7 cm³/mol. The Morgan fingerprint density at radius 1 is 1.27 bits per heavy atom. The molecule has 0 bridgehead atoms. The van der Waals surface area contributed by atoms with Gasteiger partial charge in [-0.15, -0.1) is 0 Å². The van der Waals surface area contributed by atoms with Gasteiger partial charge in [0, 0.05) is 5.03 Å². The maximum absolute atomic E-state index is 13.2. The standard InChI is InChI=1S/C14H13ClF3NO3/c1-12(2)10(15)8-13(21,14(16,17)18)19(12)22-11(20)9-6-4-3-5-7-9/h3-8,21H,1-2H3. The van der Waals surface area contributed by atoms with Crippen molar-refractivity contribution in [2.45, 2.75) is 31.3 Å². The lowest BCUT2D eigenvalue weighted by Crippen LogP contribution is -2.60. The van der Waals surface area contributed by atoms with Gasteiger partial charge in [0.05, 0.1) is 11.1 Å². The Bertz CT molecular complexity index is 616. The molecule has 1 aliphatic heterocycles. The van der Waals surface area contributed by atoms with Gasteiger partial charge in [0.1, 0.15) is 0 Å². The van der Waals surface area contributed by atoms with E-state index in [4.69, 9.17) is 16.4 Å². The van der Waals surface area contributed by atoms with E-state index in [1.54, 1.807) is 6.07 Å². The zero-order chi connectivity index (χ0) is 16.8. The quantitative estimate of drug-likeness (QED) is 0.901. The predicted octanol–water partition coefficient (Wildman–Crippen LogP) is 3.23. The van der Waals surface area contributed by atoms with Crippen LogP contribution in [-0.4, -0.2) is 33.6 Å². The van der Waals surface area contributed by atoms with Crippen LogP contribution < -0.4 is 0 Å². The summed E-state index contributed by atoms with van der Waals surface area (Å²) in [6.45, 7) is 2.60. The Labute approximate surface area is 129 Å². The highest BCUT2D eigenvalue weighted by Crippen LogP contribution is 2.48. The number of carbonyl (C=O) groups is 1. The first-order valence-electron chi connectivity index (χ1n) is 6.26. The summed E-state index contributed by atoms with van der Waals surface area (Å²) in [4.78, 5) is 16.8. The monoisotopic (exact) mass is 335 g/mol. The Hall–Kier alpha value is -1.57. The Morgan fingerprint density at radius 3 is 2.32 bits per heavy atom. The third kappa shape index (κ3) is 2.60. The van der Waals surface area contributed by atoms with Crippen LogP contribution in [0.1, 0.15) is 24.2 Å². The average molecular weight is 336 g/mol. The number of carbonyl (C=O) groups excluding carboxylic acids is 1. The van der Waals surface area contributed by atoms with E-state index < -0.39 is 23.4 Å². The average Bonchev–Trinajstić information content (AvgIpc) is 2.60. The van der Waals surface area contributed by atoms with Gasteiger partial charge in [-0.2, -0.15) is 13.2 Å². The van der Waals surface area contributed by atoms with Crippen molar-refractivity contribution in [1.29, 1.82) is 0 Å². The molecular formula is C14H13ClF3NO3. The molecule has 0 radical (unpaired) electrons. The lowest BCUT2D eigenvalue weighted by atomic mass is 10.1. The normalized spacial score (nSPS) is 25.0. The minimum absolute atomic E-state index is 0.0471. The highest BCUT2D eigenvalue weighted by molar-refractivity contribution is 6.31. The Morgan fingerprint density at radius 2 is 1.82 bits per heavy atom. The summed E-state index contributed by atoms with van der Waals surface area (Å²) in [6, 6.07) is 7.47. The molecular weight excluding hydrogens is 323 g/mol. The molecule has 0 saturated heterocycles. The van der Waals surface area contributed by atoms with Crippen molar-refractivity contribution < 1.29 is 27.9 Å². The minimum Gasteiger partial charge on any atom is -0.362 e. The molecule has 1 N–H and O–H groups in total. The highest BCUT2D eigenvalue weighted by atomic mass is 35.5. The van der Waals surface area contributed by atoms with E-state index in [1.165, 1.54) is 38.1 Å². The maximum atomic E-state index is 13.2. The number of nitrogens with zero attached hydrogens (tertiary/aromatic N) is 1. The second-order valence-electron chi connectivity index (χ2n) is 5.31. The van der Waals surface area contributed by atoms with Crippen molar-refractivity contribution in [3.63, 3.8) is 0 Å². The first kappa shape index (κ1) is 16.8. The summed E-state index contributed by atoms with van der Waals surface area (Å²) in [5.41, 5.74) is -4.97. The number of hydrogen-bond donors (Lipinski definition) is 1. The molecule has 2 rings (SSSR count). The van der Waals surface area contributed by atoms with Crippen LogP contribution in [0.2, 0.25) is 0 Å². The number of alkyl halides is 3. The molecule has 0 spiro atoms. The lowest BCUT2D eigenvalue weighted by molar-refractivity contribution is -0.365. The smallest absolute Gasteiger partial charge is 0.362 e. The summed E-state index contributed by atoms with van der Waals surface area (Å²) in [5.74, 6) is -1.03. The highest BCUT2D eigenvalue weighted by Gasteiger charge is 2.66. The number of hydroxylamine groups is 2. The molecule has 0 fully saturated rings. The molecule has 1 unspecified atom stereocenters. The molecule has 0 amide bonds. The third-order valence-electron chi connectivity index (χ3n) is 3.33. The van der Waals surface area contributed by atoms with Crippen molar-refractivity contribution >= 4 is 17.6 Å². The Kier molecular flexibility index (Phi) is 4.01. The minimum atomic E-state index is -5.10. The summed E-state index contributed by atoms with van der Waals surface area (Å²) in [6.07, 6.45) is -4.68. The molecule has 1 aromatic rings. The van der Waals surface area contributed by atoms with E-state index in [1.807, 2.05) is 0 Å². The van der Waals surface area contributed by atoms with E-state index >= 15 is 0 Å². The van der Waals surface area contributed by atoms with Gasteiger partial charge < -0.3 is 9.94 Å². The largest absolute Gasteiger partial charge is 0.438 e. The van der Waals surface area contributed by atoms with E-state index in [-0.39, 0.29) is 15.7 Å². The van der Waals surface area contributed by atoms with Gasteiger partial charge in [0.2, 0.25) is 0 Å². The SMILES string of the molecule is CC1(C)C(Cl)=CC(O)(C(F)(F)F)N1OC(=O)c1ccccc1. The molecule has 0 saturated carbocycles. The van der Waals surface area contributed by atoms with Crippen LogP contribution in [0.25, 0.3) is 0 Å². The van der Waals surface area contributed by atoms with Gasteiger partial charge in [-0.25, -0.2) is 4.79 Å². The van der Waals surface area contributed by atoms with E-state index in [0.29, 0.717) is 6.08 Å². The fourth-order valence-corrected chi connectivity index (χ4v) is 2.25. The van der Waals surface area contributed by atoms with Crippen LogP contribution >= 0.6 is 11.6 Å². The van der Waals surface area contributed by atoms with Crippen molar-refractivity contribution in [1.82, 2.24) is 5.06 Å². The van der Waals surface area contributed by atoms with Crippen LogP contribution in [0, 0.1) is 0 Å². The topological polar surface area (TPSA) is 49.8 Å². The van der Waals surface area contributed by atoms with Gasteiger partial charge >= 0.3 is 12.1 Å². The fourth-order valence-electron chi connectivity index (χ4n) is 2.03. The Balaban J connectivity index is 2.37. The van der Waals surface area contributed by atoms with Crippen molar-refractivity contribution in [3.8, 4) is 0 Å². The van der Waals surface area contributed by atoms with E-state index in [2.05, 4.69) is 0 Å². The van der Waals surface area contributed by atoms with Gasteiger partial charge in [-0.1, -0.05) is 34.9 Å². The molecule has 1 atom stereocenters. The molecule has 4 nitrogen and oxygen atoms in total. The van der Waals surface area contributed by atoms with E-state index in [9.17, 15) is 23.1 Å². The van der Waals surface area contributed by atoms with Gasteiger partial charge in [0.15, 0.2) is 0 Å². The molecule has 22 heavy (non-hydrogen) atoms. The van der Waals surface area contributed by atoms with Crippen molar-refractivity contribution in [2.75, 3.05) is 0 Å². The van der Waals surface area contributed by atoms with Crippen LogP contribution in [0.3, 0.4) is 0 Å². The fraction of sp³-hybridized carbons (Fsp3) is 0.357. The van der Waals surface area contributed by atoms with Gasteiger partial charge in [-0.3, -0.25) is 0 Å². The lowest BCUT2D eigenvalue weighted by Gasteiger charge is -2.39. The number of aliphatic hydroxyl groups is 1. The number of halogens is 4. The van der Waals surface area contributed by atoms with Crippen molar-refractivity contribution in [3.05, 3.63) is 47.0 Å². The van der Waals surface area contributed by atoms with Crippen LogP contribution in [-0.2, 0) is 4.84 Å². The zero-order valence-electron chi connectivity index (χ0n) is 11.7. The molecule has 1 aliphatic rings. The second-order valence-corrected chi connectivity index (χ2v) is 5.72. The molecule has 1 aromatic carbocycles.